The molecule has 1 aliphatic rings. The van der Waals surface area contributed by atoms with Crippen LogP contribution < -0.4 is 5.32 Å². The molecule has 2 amide bonds. The van der Waals surface area contributed by atoms with Crippen LogP contribution >= 0.6 is 11.3 Å². The van der Waals surface area contributed by atoms with E-state index < -0.39 is 11.9 Å². The second kappa shape index (κ2) is 4.75. The minimum absolute atomic E-state index is 0.0107. The van der Waals surface area contributed by atoms with Crippen LogP contribution in [0.5, 0.6) is 0 Å². The normalized spacial score (nSPS) is 21.4. The average Bonchev–Trinajstić information content (AvgIpc) is 2.88. The van der Waals surface area contributed by atoms with E-state index in [1.807, 2.05) is 17.5 Å². The monoisotopic (exact) mass is 254 g/mol. The molecule has 17 heavy (non-hydrogen) atoms. The van der Waals surface area contributed by atoms with Crippen molar-refractivity contribution in [1.82, 2.24) is 10.2 Å². The molecule has 2 rings (SSSR count). The molecule has 2 N–H and O–H groups in total. The average molecular weight is 254 g/mol. The summed E-state index contributed by atoms with van der Waals surface area (Å²) in [6, 6.07) is 3.72. The number of carbonyl (C=O) groups is 2. The molecule has 2 heterocycles. The van der Waals surface area contributed by atoms with Gasteiger partial charge in [-0.15, -0.1) is 11.3 Å². The number of amides is 2. The van der Waals surface area contributed by atoms with E-state index in [1.54, 1.807) is 23.2 Å². The smallest absolute Gasteiger partial charge is 0.318 e. The Morgan fingerprint density at radius 2 is 2.53 bits per heavy atom. The molecule has 6 heteroatoms. The molecule has 92 valence electrons. The maximum absolute atomic E-state index is 11.7. The molecular weight excluding hydrogens is 240 g/mol. The van der Waals surface area contributed by atoms with Crippen LogP contribution in [0, 0.1) is 5.92 Å². The van der Waals surface area contributed by atoms with Crippen molar-refractivity contribution in [1.29, 1.82) is 0 Å². The van der Waals surface area contributed by atoms with Crippen molar-refractivity contribution in [3.8, 4) is 0 Å². The summed E-state index contributed by atoms with van der Waals surface area (Å²) in [5.41, 5.74) is 0. The second-order valence-electron chi connectivity index (χ2n) is 4.16. The molecule has 0 spiro atoms. The van der Waals surface area contributed by atoms with Crippen molar-refractivity contribution in [3.05, 3.63) is 22.4 Å². The standard InChI is InChI=1S/C11H14N2O3S/c1-7(10(14)15)5-13-6-8(12-11(13)16)9-3-2-4-17-9/h2-4,7-8H,5-6H2,1H3,(H,12,16)(H,14,15). The summed E-state index contributed by atoms with van der Waals surface area (Å²) in [5, 5.41) is 13.6. The van der Waals surface area contributed by atoms with E-state index in [1.165, 1.54) is 0 Å². The van der Waals surface area contributed by atoms with E-state index >= 15 is 0 Å². The number of hydrogen-bond donors (Lipinski definition) is 2. The highest BCUT2D eigenvalue weighted by Gasteiger charge is 2.32. The van der Waals surface area contributed by atoms with Crippen LogP contribution in [0.3, 0.4) is 0 Å². The molecule has 0 aromatic carbocycles. The van der Waals surface area contributed by atoms with Gasteiger partial charge in [-0.25, -0.2) is 4.79 Å². The number of nitrogens with one attached hydrogen (secondary N) is 1. The van der Waals surface area contributed by atoms with Crippen LogP contribution in [-0.4, -0.2) is 35.1 Å². The Morgan fingerprint density at radius 3 is 3.12 bits per heavy atom. The topological polar surface area (TPSA) is 69.6 Å². The van der Waals surface area contributed by atoms with Gasteiger partial charge in [-0.3, -0.25) is 4.79 Å². The lowest BCUT2D eigenvalue weighted by atomic mass is 10.1. The highest BCUT2D eigenvalue weighted by Crippen LogP contribution is 2.24. The van der Waals surface area contributed by atoms with E-state index in [2.05, 4.69) is 5.32 Å². The van der Waals surface area contributed by atoms with Gasteiger partial charge in [-0.05, 0) is 11.4 Å². The van der Waals surface area contributed by atoms with Gasteiger partial charge < -0.3 is 15.3 Å². The molecule has 0 aliphatic carbocycles. The van der Waals surface area contributed by atoms with Gasteiger partial charge in [0.2, 0.25) is 0 Å². The van der Waals surface area contributed by atoms with Crippen molar-refractivity contribution in [3.63, 3.8) is 0 Å². The molecular formula is C11H14N2O3S. The maximum atomic E-state index is 11.7. The molecule has 2 unspecified atom stereocenters. The van der Waals surface area contributed by atoms with Crippen LogP contribution in [0.2, 0.25) is 0 Å². The van der Waals surface area contributed by atoms with Gasteiger partial charge in [0.05, 0.1) is 12.0 Å². The predicted molar refractivity (Wildman–Crippen MR) is 64.0 cm³/mol. The third-order valence-electron chi connectivity index (χ3n) is 2.79. The highest BCUT2D eigenvalue weighted by atomic mass is 32.1. The van der Waals surface area contributed by atoms with Gasteiger partial charge in [-0.2, -0.15) is 0 Å². The zero-order chi connectivity index (χ0) is 12.4. The fourth-order valence-electron chi connectivity index (χ4n) is 1.81. The van der Waals surface area contributed by atoms with Crippen molar-refractivity contribution in [2.24, 2.45) is 5.92 Å². The molecule has 0 saturated carbocycles. The SMILES string of the molecule is CC(CN1CC(c2cccs2)NC1=O)C(=O)O. The predicted octanol–water partition coefficient (Wildman–Crippen LogP) is 1.54. The van der Waals surface area contributed by atoms with Gasteiger partial charge in [0.15, 0.2) is 0 Å². The fraction of sp³-hybridized carbons (Fsp3) is 0.455. The largest absolute Gasteiger partial charge is 0.481 e. The van der Waals surface area contributed by atoms with Gasteiger partial charge >= 0.3 is 12.0 Å². The second-order valence-corrected chi connectivity index (χ2v) is 5.14. The Balaban J connectivity index is 1.98. The lowest BCUT2D eigenvalue weighted by molar-refractivity contribution is -0.141. The number of carboxylic acids is 1. The summed E-state index contributed by atoms with van der Waals surface area (Å²) in [5.74, 6) is -1.42. The minimum atomic E-state index is -0.877. The number of hydrogen-bond acceptors (Lipinski definition) is 3. The Hall–Kier alpha value is -1.56. The van der Waals surface area contributed by atoms with Gasteiger partial charge in [0.25, 0.3) is 0 Å². The number of carbonyl (C=O) groups excluding carboxylic acids is 1. The van der Waals surface area contributed by atoms with E-state index in [4.69, 9.17) is 5.11 Å². The first-order valence-electron chi connectivity index (χ1n) is 5.39. The fourth-order valence-corrected chi connectivity index (χ4v) is 2.58. The third-order valence-corrected chi connectivity index (χ3v) is 3.78. The third kappa shape index (κ3) is 2.58. The van der Waals surface area contributed by atoms with E-state index in [-0.39, 0.29) is 18.6 Å². The van der Waals surface area contributed by atoms with Crippen molar-refractivity contribution >= 4 is 23.3 Å². The van der Waals surface area contributed by atoms with Crippen LogP contribution in [0.1, 0.15) is 17.8 Å². The molecule has 1 aromatic heterocycles. The summed E-state index contributed by atoms with van der Waals surface area (Å²) in [7, 11) is 0. The first-order chi connectivity index (χ1) is 8.08. The quantitative estimate of drug-likeness (QED) is 0.856. The molecule has 0 radical (unpaired) electrons. The number of urea groups is 1. The van der Waals surface area contributed by atoms with Gasteiger partial charge in [0.1, 0.15) is 0 Å². The minimum Gasteiger partial charge on any atom is -0.481 e. The molecule has 1 fully saturated rings. The summed E-state index contributed by atoms with van der Waals surface area (Å²) in [6.45, 7) is 2.40. The number of thiophene rings is 1. The summed E-state index contributed by atoms with van der Waals surface area (Å²) in [4.78, 5) is 25.1. The lowest BCUT2D eigenvalue weighted by Crippen LogP contribution is -2.34. The maximum Gasteiger partial charge on any atom is 0.318 e. The summed E-state index contributed by atoms with van der Waals surface area (Å²) in [6.07, 6.45) is 0. The van der Waals surface area contributed by atoms with Crippen molar-refractivity contribution < 1.29 is 14.7 Å². The zero-order valence-electron chi connectivity index (χ0n) is 9.42. The van der Waals surface area contributed by atoms with Crippen LogP contribution in [0.25, 0.3) is 0 Å². The van der Waals surface area contributed by atoms with Gasteiger partial charge in [-0.1, -0.05) is 13.0 Å². The molecule has 1 aromatic rings. The number of aliphatic carboxylic acids is 1. The van der Waals surface area contributed by atoms with Gasteiger partial charge in [0, 0.05) is 18.0 Å². The van der Waals surface area contributed by atoms with E-state index in [0.29, 0.717) is 6.54 Å². The zero-order valence-corrected chi connectivity index (χ0v) is 10.2. The summed E-state index contributed by atoms with van der Waals surface area (Å²) < 4.78 is 0. The Kier molecular flexibility index (Phi) is 3.33. The van der Waals surface area contributed by atoms with Crippen LogP contribution in [-0.2, 0) is 4.79 Å². The molecule has 1 aliphatic heterocycles. The molecule has 5 nitrogen and oxygen atoms in total. The number of nitrogens with zero attached hydrogens (tertiary/aromatic N) is 1. The number of carboxylic acid groups (broad SMARTS) is 1. The number of rotatable bonds is 4. The van der Waals surface area contributed by atoms with Crippen LogP contribution in [0.15, 0.2) is 17.5 Å². The lowest BCUT2D eigenvalue weighted by Gasteiger charge is -2.16. The van der Waals surface area contributed by atoms with Crippen molar-refractivity contribution in [2.45, 2.75) is 13.0 Å². The Bertz CT molecular complexity index is 418. The van der Waals surface area contributed by atoms with Crippen LogP contribution in [0.4, 0.5) is 4.79 Å². The van der Waals surface area contributed by atoms with Crippen molar-refractivity contribution in [2.75, 3.05) is 13.1 Å². The molecule has 2 atom stereocenters. The Labute approximate surface area is 103 Å². The summed E-state index contributed by atoms with van der Waals surface area (Å²) >= 11 is 1.59. The first-order valence-corrected chi connectivity index (χ1v) is 6.27. The molecule has 1 saturated heterocycles. The Morgan fingerprint density at radius 1 is 1.76 bits per heavy atom. The van der Waals surface area contributed by atoms with E-state index in [9.17, 15) is 9.59 Å². The van der Waals surface area contributed by atoms with E-state index in [0.717, 1.165) is 4.88 Å². The first kappa shape index (κ1) is 11.9. The highest BCUT2D eigenvalue weighted by molar-refractivity contribution is 7.10. The molecule has 0 bridgehead atoms.